The highest BCUT2D eigenvalue weighted by Crippen LogP contribution is 2.49. The normalized spacial score (nSPS) is 29.5. The Bertz CT molecular complexity index is 1200. The average molecular weight is 499 g/mol. The summed E-state index contributed by atoms with van der Waals surface area (Å²) in [6.07, 6.45) is 3.68. The summed E-state index contributed by atoms with van der Waals surface area (Å²) in [5, 5.41) is 14.8. The molecule has 0 unspecified atom stereocenters. The molecule has 0 bridgehead atoms. The number of carbonyl (C=O) groups is 1. The molecule has 5 rings (SSSR count). The number of aromatic nitrogens is 3. The van der Waals surface area contributed by atoms with Crippen LogP contribution in [0.5, 0.6) is 0 Å². The molecule has 3 aliphatic rings. The second-order valence-corrected chi connectivity index (χ2v) is 9.92. The van der Waals surface area contributed by atoms with Crippen molar-refractivity contribution < 1.29 is 28.5 Å². The van der Waals surface area contributed by atoms with Gasteiger partial charge in [0.25, 0.3) is 0 Å². The maximum absolute atomic E-state index is 12.3. The Kier molecular flexibility index (Phi) is 6.32. The monoisotopic (exact) mass is 498 g/mol. The molecule has 0 aromatic carbocycles. The third kappa shape index (κ3) is 4.38. The van der Waals surface area contributed by atoms with E-state index >= 15 is 0 Å². The number of nitriles is 1. The van der Waals surface area contributed by atoms with Gasteiger partial charge < -0.3 is 28.6 Å². The molecule has 4 atom stereocenters. The Labute approximate surface area is 208 Å². The standard InChI is InChI=1S/C24H30N6O6/c1-23(2)35-19-17(11-32-22(31)33-15-7-5-6-8-15)34-24(12-25,20(19)36-23)18-10-9-16-21(27-14-29(3)4)26-13-28-30(16)18/h9-10,13-15,17,19-20H,5-8,11H2,1-4H3/t17-,19-,20-,24+/m1/s1. The quantitative estimate of drug-likeness (QED) is 0.332. The molecule has 2 aliphatic heterocycles. The molecule has 0 N–H and O–H groups in total. The number of fused-ring (bicyclic) bond motifs is 2. The Balaban J connectivity index is 1.44. The van der Waals surface area contributed by atoms with Crippen molar-refractivity contribution in [2.24, 2.45) is 4.99 Å². The van der Waals surface area contributed by atoms with E-state index in [4.69, 9.17) is 23.7 Å². The first-order valence-electron chi connectivity index (χ1n) is 12.0. The third-order valence-corrected chi connectivity index (χ3v) is 6.55. The zero-order valence-corrected chi connectivity index (χ0v) is 20.8. The average Bonchev–Trinajstić information content (AvgIpc) is 3.60. The second kappa shape index (κ2) is 9.31. The van der Waals surface area contributed by atoms with Gasteiger partial charge in [0.05, 0.1) is 12.0 Å². The summed E-state index contributed by atoms with van der Waals surface area (Å²) < 4.78 is 30.9. The van der Waals surface area contributed by atoms with E-state index in [2.05, 4.69) is 21.1 Å². The van der Waals surface area contributed by atoms with Gasteiger partial charge in [0.2, 0.25) is 5.60 Å². The molecule has 0 radical (unpaired) electrons. The van der Waals surface area contributed by atoms with Crippen LogP contribution in [0.1, 0.15) is 45.2 Å². The van der Waals surface area contributed by atoms with Crippen molar-refractivity contribution in [1.29, 1.82) is 5.26 Å². The van der Waals surface area contributed by atoms with Gasteiger partial charge in [-0.15, -0.1) is 0 Å². The van der Waals surface area contributed by atoms with Gasteiger partial charge in [-0.05, 0) is 51.7 Å². The van der Waals surface area contributed by atoms with Gasteiger partial charge in [-0.2, -0.15) is 10.4 Å². The van der Waals surface area contributed by atoms with Crippen molar-refractivity contribution in [3.63, 3.8) is 0 Å². The van der Waals surface area contributed by atoms with Crippen LogP contribution in [0.25, 0.3) is 5.52 Å². The summed E-state index contributed by atoms with van der Waals surface area (Å²) in [5.74, 6) is -0.529. The lowest BCUT2D eigenvalue weighted by atomic mass is 9.92. The zero-order chi connectivity index (χ0) is 25.5. The molecule has 4 heterocycles. The number of hydrogen-bond donors (Lipinski definition) is 0. The first-order valence-corrected chi connectivity index (χ1v) is 12.0. The fourth-order valence-electron chi connectivity index (χ4n) is 5.03. The van der Waals surface area contributed by atoms with E-state index in [1.54, 1.807) is 41.7 Å². The van der Waals surface area contributed by atoms with E-state index in [0.717, 1.165) is 25.7 Å². The predicted molar refractivity (Wildman–Crippen MR) is 126 cm³/mol. The fourth-order valence-corrected chi connectivity index (χ4v) is 5.03. The van der Waals surface area contributed by atoms with Crippen LogP contribution in [0.3, 0.4) is 0 Å². The molecule has 1 aliphatic carbocycles. The molecule has 3 fully saturated rings. The minimum Gasteiger partial charge on any atom is -0.431 e. The summed E-state index contributed by atoms with van der Waals surface area (Å²) >= 11 is 0. The minimum atomic E-state index is -1.58. The van der Waals surface area contributed by atoms with Crippen LogP contribution < -0.4 is 0 Å². The molecule has 36 heavy (non-hydrogen) atoms. The number of aliphatic imine (C=N–C) groups is 1. The molecule has 2 aromatic rings. The topological polar surface area (TPSA) is 133 Å². The van der Waals surface area contributed by atoms with Crippen LogP contribution in [0.15, 0.2) is 23.5 Å². The first kappa shape index (κ1) is 24.4. The van der Waals surface area contributed by atoms with E-state index in [-0.39, 0.29) is 12.7 Å². The number of ether oxygens (including phenoxy) is 5. The van der Waals surface area contributed by atoms with Crippen LogP contribution in [0.4, 0.5) is 10.6 Å². The van der Waals surface area contributed by atoms with Crippen LogP contribution >= 0.6 is 0 Å². The maximum atomic E-state index is 12.3. The Morgan fingerprint density at radius 2 is 2.08 bits per heavy atom. The molecule has 192 valence electrons. The smallest absolute Gasteiger partial charge is 0.431 e. The van der Waals surface area contributed by atoms with Crippen LogP contribution in [0, 0.1) is 11.3 Å². The minimum absolute atomic E-state index is 0.117. The lowest BCUT2D eigenvalue weighted by Crippen LogP contribution is -2.40. The van der Waals surface area contributed by atoms with E-state index in [1.807, 2.05) is 14.1 Å². The van der Waals surface area contributed by atoms with E-state index in [1.165, 1.54) is 6.33 Å². The molecule has 12 heteroatoms. The van der Waals surface area contributed by atoms with Crippen molar-refractivity contribution in [2.75, 3.05) is 20.7 Å². The Hall–Kier alpha value is -3.27. The SMILES string of the molecule is CN(C)C=Nc1ncnn2c([C@]3(C#N)O[C@H](COC(=O)OC4CCCC4)[C@H]4OC(C)(C)O[C@H]43)ccc12. The van der Waals surface area contributed by atoms with Gasteiger partial charge in [-0.25, -0.2) is 19.3 Å². The zero-order valence-electron chi connectivity index (χ0n) is 20.8. The molecular formula is C24H30N6O6. The van der Waals surface area contributed by atoms with Gasteiger partial charge in [0.1, 0.15) is 48.9 Å². The van der Waals surface area contributed by atoms with Crippen molar-refractivity contribution in [3.05, 3.63) is 24.2 Å². The van der Waals surface area contributed by atoms with Crippen molar-refractivity contribution >= 4 is 23.8 Å². The maximum Gasteiger partial charge on any atom is 0.508 e. The molecule has 12 nitrogen and oxygen atoms in total. The fraction of sp³-hybridized carbons (Fsp3) is 0.625. The van der Waals surface area contributed by atoms with Gasteiger partial charge >= 0.3 is 6.16 Å². The highest BCUT2D eigenvalue weighted by atomic mass is 16.8. The summed E-state index contributed by atoms with van der Waals surface area (Å²) in [7, 11) is 3.71. The molecule has 1 saturated carbocycles. The van der Waals surface area contributed by atoms with E-state index < -0.39 is 35.9 Å². The molecule has 2 saturated heterocycles. The Morgan fingerprint density at radius 1 is 1.31 bits per heavy atom. The summed E-state index contributed by atoms with van der Waals surface area (Å²) in [5.41, 5.74) is -0.542. The van der Waals surface area contributed by atoms with Gasteiger partial charge in [0, 0.05) is 14.1 Å². The lowest BCUT2D eigenvalue weighted by Gasteiger charge is -2.28. The van der Waals surface area contributed by atoms with Crippen LogP contribution in [-0.4, -0.2) is 82.9 Å². The van der Waals surface area contributed by atoms with Gasteiger partial charge in [-0.1, -0.05) is 0 Å². The molecule has 0 spiro atoms. The molecule has 0 amide bonds. The molecular weight excluding hydrogens is 468 g/mol. The number of rotatable bonds is 6. The summed E-state index contributed by atoms with van der Waals surface area (Å²) in [6, 6.07) is 5.82. The van der Waals surface area contributed by atoms with Crippen molar-refractivity contribution in [2.45, 2.75) is 75.3 Å². The van der Waals surface area contributed by atoms with Gasteiger partial charge in [0.15, 0.2) is 11.6 Å². The number of hydrogen-bond acceptors (Lipinski definition) is 10. The molecule has 2 aromatic heterocycles. The van der Waals surface area contributed by atoms with E-state index in [9.17, 15) is 10.1 Å². The highest BCUT2D eigenvalue weighted by molar-refractivity contribution is 5.71. The first-order chi connectivity index (χ1) is 17.2. The summed E-state index contributed by atoms with van der Waals surface area (Å²) in [6.45, 7) is 3.39. The van der Waals surface area contributed by atoms with Gasteiger partial charge in [-0.3, -0.25) is 0 Å². The largest absolute Gasteiger partial charge is 0.508 e. The Morgan fingerprint density at radius 3 is 2.81 bits per heavy atom. The predicted octanol–water partition coefficient (Wildman–Crippen LogP) is 2.68. The third-order valence-electron chi connectivity index (χ3n) is 6.55. The number of nitrogens with zero attached hydrogens (tertiary/aromatic N) is 6. The second-order valence-electron chi connectivity index (χ2n) is 9.92. The highest BCUT2D eigenvalue weighted by Gasteiger charge is 2.65. The van der Waals surface area contributed by atoms with Crippen LogP contribution in [0.2, 0.25) is 0 Å². The van der Waals surface area contributed by atoms with Crippen molar-refractivity contribution in [3.8, 4) is 6.07 Å². The van der Waals surface area contributed by atoms with Crippen molar-refractivity contribution in [1.82, 2.24) is 19.5 Å². The van der Waals surface area contributed by atoms with E-state index in [0.29, 0.717) is 17.0 Å². The lowest BCUT2D eigenvalue weighted by molar-refractivity contribution is -0.205. The number of carbonyl (C=O) groups excluding carboxylic acids is 1. The van der Waals surface area contributed by atoms with Crippen LogP contribution in [-0.2, 0) is 29.3 Å². The summed E-state index contributed by atoms with van der Waals surface area (Å²) in [4.78, 5) is 22.7.